The summed E-state index contributed by atoms with van der Waals surface area (Å²) >= 11 is 0. The predicted octanol–water partition coefficient (Wildman–Crippen LogP) is -0.442. The minimum absolute atomic E-state index is 0.426. The van der Waals surface area contributed by atoms with E-state index in [0.717, 1.165) is 11.1 Å². The zero-order chi connectivity index (χ0) is 15.3. The van der Waals surface area contributed by atoms with Crippen molar-refractivity contribution in [3.8, 4) is 0 Å². The Bertz CT molecular complexity index is 735. The van der Waals surface area contributed by atoms with Gasteiger partial charge in [0, 0.05) is 0 Å². The minimum atomic E-state index is -1.28. The molecule has 4 atom stereocenters. The molecule has 1 aromatic carbocycles. The number of aliphatic hydroxyl groups is 3. The van der Waals surface area contributed by atoms with Gasteiger partial charge in [0.05, 0.1) is 17.6 Å². The van der Waals surface area contributed by atoms with Gasteiger partial charge in [-0.1, -0.05) is 0 Å². The van der Waals surface area contributed by atoms with Crippen LogP contribution in [0, 0.1) is 13.8 Å². The first-order valence-electron chi connectivity index (χ1n) is 6.78. The highest BCUT2D eigenvalue weighted by Gasteiger charge is 2.44. The Morgan fingerprint density at radius 1 is 1.24 bits per heavy atom. The molecule has 1 saturated heterocycles. The largest absolute Gasteiger partial charge is 0.394 e. The van der Waals surface area contributed by atoms with Crippen LogP contribution in [0.2, 0.25) is 0 Å². The number of hydrogen-bond donors (Lipinski definition) is 4. The van der Waals surface area contributed by atoms with E-state index in [1.165, 1.54) is 4.57 Å². The summed E-state index contributed by atoms with van der Waals surface area (Å²) in [5.74, 6) is 0. The molecular formula is C14H18N2O5. The van der Waals surface area contributed by atoms with E-state index in [1.54, 1.807) is 0 Å². The molecule has 4 unspecified atom stereocenters. The van der Waals surface area contributed by atoms with Crippen LogP contribution in [0.25, 0.3) is 11.0 Å². The van der Waals surface area contributed by atoms with E-state index in [-0.39, 0.29) is 0 Å². The van der Waals surface area contributed by atoms with Gasteiger partial charge in [0.15, 0.2) is 6.23 Å². The first kappa shape index (κ1) is 14.3. The first-order chi connectivity index (χ1) is 9.93. The maximum absolute atomic E-state index is 12.2. The van der Waals surface area contributed by atoms with Gasteiger partial charge in [-0.15, -0.1) is 0 Å². The molecule has 1 aliphatic heterocycles. The molecule has 7 heteroatoms. The Balaban J connectivity index is 2.15. The van der Waals surface area contributed by atoms with E-state index < -0.39 is 36.8 Å². The third-order valence-corrected chi connectivity index (χ3v) is 4.10. The van der Waals surface area contributed by atoms with Crippen molar-refractivity contribution in [2.24, 2.45) is 0 Å². The number of imidazole rings is 1. The topological polar surface area (TPSA) is 108 Å². The molecule has 0 radical (unpaired) electrons. The maximum Gasteiger partial charge on any atom is 0.328 e. The van der Waals surface area contributed by atoms with Crippen molar-refractivity contribution in [3.63, 3.8) is 0 Å². The second kappa shape index (κ2) is 4.96. The van der Waals surface area contributed by atoms with Crippen molar-refractivity contribution in [3.05, 3.63) is 33.7 Å². The number of aromatic nitrogens is 2. The third kappa shape index (κ3) is 2.09. The fourth-order valence-electron chi connectivity index (χ4n) is 2.73. The van der Waals surface area contributed by atoms with E-state index in [1.807, 2.05) is 26.0 Å². The molecule has 1 fully saturated rings. The Morgan fingerprint density at radius 2 is 1.90 bits per heavy atom. The lowest BCUT2D eigenvalue weighted by Crippen LogP contribution is -2.34. The number of aryl methyl sites for hydroxylation is 2. The summed E-state index contributed by atoms with van der Waals surface area (Å²) in [4.78, 5) is 14.9. The fraction of sp³-hybridized carbons (Fsp3) is 0.500. The monoisotopic (exact) mass is 294 g/mol. The molecule has 1 aromatic heterocycles. The summed E-state index contributed by atoms with van der Waals surface area (Å²) in [5.41, 5.74) is 2.85. The van der Waals surface area contributed by atoms with Crippen LogP contribution < -0.4 is 5.69 Å². The summed E-state index contributed by atoms with van der Waals surface area (Å²) in [6.45, 7) is 3.44. The zero-order valence-electron chi connectivity index (χ0n) is 11.8. The number of aliphatic hydroxyl groups excluding tert-OH is 3. The first-order valence-corrected chi connectivity index (χ1v) is 6.78. The van der Waals surface area contributed by atoms with Gasteiger partial charge < -0.3 is 25.0 Å². The van der Waals surface area contributed by atoms with Gasteiger partial charge >= 0.3 is 5.69 Å². The van der Waals surface area contributed by atoms with Crippen molar-refractivity contribution < 1.29 is 20.1 Å². The number of fused-ring (bicyclic) bond motifs is 1. The summed E-state index contributed by atoms with van der Waals surface area (Å²) in [6, 6.07) is 3.68. The lowest BCUT2D eigenvalue weighted by atomic mass is 10.1. The molecule has 3 rings (SSSR count). The number of nitrogens with zero attached hydrogens (tertiary/aromatic N) is 1. The predicted molar refractivity (Wildman–Crippen MR) is 75.0 cm³/mol. The van der Waals surface area contributed by atoms with Crippen LogP contribution in [0.1, 0.15) is 17.4 Å². The molecule has 0 aliphatic carbocycles. The van der Waals surface area contributed by atoms with Crippen molar-refractivity contribution in [2.45, 2.75) is 38.4 Å². The highest BCUT2D eigenvalue weighted by molar-refractivity contribution is 5.77. The summed E-state index contributed by atoms with van der Waals surface area (Å²) < 4.78 is 6.71. The summed E-state index contributed by atoms with van der Waals surface area (Å²) in [5, 5.41) is 29.0. The summed E-state index contributed by atoms with van der Waals surface area (Å²) in [6.07, 6.45) is -4.45. The zero-order valence-corrected chi connectivity index (χ0v) is 11.8. The van der Waals surface area contributed by atoms with Crippen LogP contribution in [0.5, 0.6) is 0 Å². The molecule has 0 amide bonds. The van der Waals surface area contributed by atoms with Crippen molar-refractivity contribution >= 4 is 11.0 Å². The second-order valence-electron chi connectivity index (χ2n) is 5.48. The quantitative estimate of drug-likeness (QED) is 0.600. The number of aromatic amines is 1. The molecule has 7 nitrogen and oxygen atoms in total. The van der Waals surface area contributed by atoms with Crippen LogP contribution in [0.3, 0.4) is 0 Å². The van der Waals surface area contributed by atoms with E-state index in [0.29, 0.717) is 11.0 Å². The maximum atomic E-state index is 12.2. The van der Waals surface area contributed by atoms with Crippen molar-refractivity contribution in [2.75, 3.05) is 6.61 Å². The molecule has 21 heavy (non-hydrogen) atoms. The van der Waals surface area contributed by atoms with E-state index in [4.69, 9.17) is 9.84 Å². The van der Waals surface area contributed by atoms with Crippen molar-refractivity contribution in [1.82, 2.24) is 9.55 Å². The summed E-state index contributed by atoms with van der Waals surface area (Å²) in [7, 11) is 0. The average Bonchev–Trinajstić information content (AvgIpc) is 2.89. The van der Waals surface area contributed by atoms with Gasteiger partial charge in [0.1, 0.15) is 18.3 Å². The molecule has 0 bridgehead atoms. The lowest BCUT2D eigenvalue weighted by Gasteiger charge is -2.16. The number of H-pyrrole nitrogens is 1. The smallest absolute Gasteiger partial charge is 0.328 e. The van der Waals surface area contributed by atoms with Crippen LogP contribution in [-0.2, 0) is 4.74 Å². The van der Waals surface area contributed by atoms with Crippen LogP contribution in [0.4, 0.5) is 0 Å². The van der Waals surface area contributed by atoms with Crippen LogP contribution >= 0.6 is 0 Å². The minimum Gasteiger partial charge on any atom is -0.394 e. The van der Waals surface area contributed by atoms with E-state index in [2.05, 4.69) is 4.98 Å². The lowest BCUT2D eigenvalue weighted by molar-refractivity contribution is -0.0522. The van der Waals surface area contributed by atoms with Crippen molar-refractivity contribution in [1.29, 1.82) is 0 Å². The standard InChI is InChI=1S/C14H18N2O5/c1-6-3-8-9(4-7(6)2)16(14(20)15-8)13-12(19)11(18)10(5-17)21-13/h3-4,10-13,17-19H,5H2,1-2H3,(H,15,20). The Labute approximate surface area is 120 Å². The van der Waals surface area contributed by atoms with E-state index in [9.17, 15) is 15.0 Å². The van der Waals surface area contributed by atoms with Gasteiger partial charge in [-0.05, 0) is 37.1 Å². The van der Waals surface area contributed by atoms with Crippen LogP contribution in [-0.4, -0.2) is 49.8 Å². The molecule has 1 aliphatic rings. The van der Waals surface area contributed by atoms with Gasteiger partial charge in [0.25, 0.3) is 0 Å². The number of ether oxygens (including phenoxy) is 1. The highest BCUT2D eigenvalue weighted by atomic mass is 16.6. The van der Waals surface area contributed by atoms with Gasteiger partial charge in [-0.3, -0.25) is 4.57 Å². The fourth-order valence-corrected chi connectivity index (χ4v) is 2.73. The molecule has 2 heterocycles. The number of nitrogens with one attached hydrogen (secondary N) is 1. The van der Waals surface area contributed by atoms with Gasteiger partial charge in [-0.25, -0.2) is 4.79 Å². The van der Waals surface area contributed by atoms with Gasteiger partial charge in [0.2, 0.25) is 0 Å². The molecule has 114 valence electrons. The average molecular weight is 294 g/mol. The van der Waals surface area contributed by atoms with E-state index >= 15 is 0 Å². The Morgan fingerprint density at radius 3 is 2.52 bits per heavy atom. The molecule has 2 aromatic rings. The number of hydrogen-bond acceptors (Lipinski definition) is 5. The Kier molecular flexibility index (Phi) is 3.37. The molecule has 0 spiro atoms. The second-order valence-corrected chi connectivity index (χ2v) is 5.48. The normalized spacial score (nSPS) is 29.4. The molecular weight excluding hydrogens is 276 g/mol. The highest BCUT2D eigenvalue weighted by Crippen LogP contribution is 2.31. The third-order valence-electron chi connectivity index (χ3n) is 4.10. The number of benzene rings is 1. The molecule has 4 N–H and O–H groups in total. The Hall–Kier alpha value is -1.67. The SMILES string of the molecule is Cc1cc2[nH]c(=O)n(C3OC(CO)C(O)C3O)c2cc1C. The van der Waals surface area contributed by atoms with Gasteiger partial charge in [-0.2, -0.15) is 0 Å². The molecule has 0 saturated carbocycles. The number of rotatable bonds is 2. The van der Waals surface area contributed by atoms with Crippen LogP contribution in [0.15, 0.2) is 16.9 Å².